The molecule has 1 radical (unpaired) electrons. The zero-order valence-corrected chi connectivity index (χ0v) is 22.3. The number of morpholine rings is 1. The van der Waals surface area contributed by atoms with Crippen molar-refractivity contribution in [1.29, 1.82) is 0 Å². The predicted molar refractivity (Wildman–Crippen MR) is 151 cm³/mol. The summed E-state index contributed by atoms with van der Waals surface area (Å²) in [7, 11) is 0. The molecule has 0 bridgehead atoms. The average Bonchev–Trinajstić information content (AvgIpc) is 3.47. The van der Waals surface area contributed by atoms with Crippen LogP contribution < -0.4 is 15.1 Å². The normalized spacial score (nSPS) is 21.1. The lowest BCUT2D eigenvalue weighted by molar-refractivity contribution is -0.133. The Balaban J connectivity index is 1.17. The standard InChI is InChI=1S/C29H33N7O4/c37-24-5-2-9-34(18-24)27(38)16-21-3-1-4-23(15-21)36-19-25(28-30-8-10-35(28)20-36)32-26-7-6-22(17-31-26)29(39)33-11-13-40-14-12-33/h1,3-4,6-8,10,15,17,19,24,37H,2,5,9,11-14,16,18,20H2,(H,31,32)/q+1. The Kier molecular flexibility index (Phi) is 7.58. The number of aliphatic hydroxyl groups excluding tert-OH is 1. The fourth-order valence-corrected chi connectivity index (χ4v) is 5.32. The van der Waals surface area contributed by atoms with Gasteiger partial charge in [-0.2, -0.15) is 4.99 Å². The highest BCUT2D eigenvalue weighted by Gasteiger charge is 2.36. The van der Waals surface area contributed by atoms with Crippen LogP contribution in [0.25, 0.3) is 0 Å². The summed E-state index contributed by atoms with van der Waals surface area (Å²) in [4.78, 5) is 42.3. The van der Waals surface area contributed by atoms with Crippen LogP contribution in [0, 0.1) is 0 Å². The lowest BCUT2D eigenvalue weighted by atomic mass is 10.1. The van der Waals surface area contributed by atoms with E-state index in [0.29, 0.717) is 63.9 Å². The summed E-state index contributed by atoms with van der Waals surface area (Å²) in [5.74, 6) is 1.37. The number of rotatable bonds is 6. The van der Waals surface area contributed by atoms with E-state index in [-0.39, 0.29) is 11.8 Å². The smallest absolute Gasteiger partial charge is 0.308 e. The summed E-state index contributed by atoms with van der Waals surface area (Å²) in [6.07, 6.45) is 8.69. The first-order chi connectivity index (χ1) is 19.5. The van der Waals surface area contributed by atoms with E-state index < -0.39 is 6.10 Å². The third kappa shape index (κ3) is 5.76. The molecule has 207 valence electrons. The first-order valence-corrected chi connectivity index (χ1v) is 13.7. The number of fused-ring (bicyclic) bond motifs is 1. The van der Waals surface area contributed by atoms with Gasteiger partial charge < -0.3 is 25.0 Å². The number of ether oxygens (including phenoxy) is 1. The minimum atomic E-state index is -0.436. The second-order valence-corrected chi connectivity index (χ2v) is 10.3. The van der Waals surface area contributed by atoms with Crippen LogP contribution in [0.15, 0.2) is 71.9 Å². The SMILES string of the molecule is O=C(Cc1cccc(N2C=C(Nc3ccc(C(=O)N4CCOCC4)cn3)C3=NC=C[N+]3C2)c1)N1CCCC(O)C1. The van der Waals surface area contributed by atoms with Gasteiger partial charge in [0, 0.05) is 44.3 Å². The molecule has 1 unspecified atom stereocenters. The Bertz CT molecular complexity index is 1350. The van der Waals surface area contributed by atoms with E-state index >= 15 is 0 Å². The van der Waals surface area contributed by atoms with Crippen molar-refractivity contribution >= 4 is 29.2 Å². The predicted octanol–water partition coefficient (Wildman–Crippen LogP) is 1.83. The van der Waals surface area contributed by atoms with Crippen molar-refractivity contribution in [3.63, 3.8) is 0 Å². The van der Waals surface area contributed by atoms with Crippen LogP contribution in [0.5, 0.6) is 0 Å². The lowest BCUT2D eigenvalue weighted by Gasteiger charge is -2.30. The number of amides is 2. The molecule has 1 aromatic heterocycles. The number of anilines is 2. The zero-order valence-electron chi connectivity index (χ0n) is 22.3. The highest BCUT2D eigenvalue weighted by Crippen LogP contribution is 2.25. The van der Waals surface area contributed by atoms with Crippen LogP contribution in [-0.4, -0.2) is 89.7 Å². The van der Waals surface area contributed by atoms with Crippen molar-refractivity contribution in [2.24, 2.45) is 4.99 Å². The number of nitrogens with one attached hydrogen (secondary N) is 1. The summed E-state index contributed by atoms with van der Waals surface area (Å²) in [5.41, 5.74) is 3.17. The van der Waals surface area contributed by atoms with Crippen LogP contribution in [0.4, 0.5) is 11.5 Å². The molecule has 1 atom stereocenters. The van der Waals surface area contributed by atoms with Crippen molar-refractivity contribution in [3.8, 4) is 0 Å². The van der Waals surface area contributed by atoms with Gasteiger partial charge in [0.2, 0.25) is 12.6 Å². The second kappa shape index (κ2) is 11.6. The summed E-state index contributed by atoms with van der Waals surface area (Å²) in [6.45, 7) is 3.94. The van der Waals surface area contributed by atoms with E-state index in [9.17, 15) is 14.7 Å². The van der Waals surface area contributed by atoms with Crippen LogP contribution in [0.3, 0.4) is 0 Å². The number of piperidine rings is 1. The highest BCUT2D eigenvalue weighted by atomic mass is 16.5. The van der Waals surface area contributed by atoms with Crippen LogP contribution in [-0.2, 0) is 16.0 Å². The molecule has 0 saturated carbocycles. The Hall–Kier alpha value is -4.06. The third-order valence-electron chi connectivity index (χ3n) is 7.46. The number of aromatic nitrogens is 1. The van der Waals surface area contributed by atoms with Crippen molar-refractivity contribution in [1.82, 2.24) is 19.7 Å². The quantitative estimate of drug-likeness (QED) is 0.534. The van der Waals surface area contributed by atoms with Gasteiger partial charge in [0.1, 0.15) is 11.5 Å². The van der Waals surface area contributed by atoms with Crippen molar-refractivity contribution in [2.45, 2.75) is 25.4 Å². The number of carbonyl (C=O) groups excluding carboxylic acids is 2. The van der Waals surface area contributed by atoms with Crippen molar-refractivity contribution in [2.75, 3.05) is 56.3 Å². The van der Waals surface area contributed by atoms with Gasteiger partial charge >= 0.3 is 5.84 Å². The average molecular weight is 544 g/mol. The number of hydrogen-bond donors (Lipinski definition) is 2. The molecule has 0 aliphatic carbocycles. The van der Waals surface area contributed by atoms with Gasteiger partial charge in [0.25, 0.3) is 5.91 Å². The van der Waals surface area contributed by atoms with E-state index in [1.807, 2.05) is 41.6 Å². The highest BCUT2D eigenvalue weighted by molar-refractivity contribution is 6.06. The molecule has 2 fully saturated rings. The Morgan fingerprint density at radius 2 is 2.00 bits per heavy atom. The maximum Gasteiger partial charge on any atom is 0.308 e. The molecule has 4 aliphatic heterocycles. The molecular weight excluding hydrogens is 510 g/mol. The molecular formula is C29H33N7O4+. The van der Waals surface area contributed by atoms with Gasteiger partial charge in [-0.3, -0.25) is 14.5 Å². The number of benzene rings is 1. The van der Waals surface area contributed by atoms with Crippen LogP contribution >= 0.6 is 0 Å². The molecule has 40 heavy (non-hydrogen) atoms. The monoisotopic (exact) mass is 543 g/mol. The largest absolute Gasteiger partial charge is 0.391 e. The number of aliphatic hydroxyl groups is 1. The number of amidine groups is 1. The molecule has 6 rings (SSSR count). The molecule has 4 aliphatic rings. The summed E-state index contributed by atoms with van der Waals surface area (Å²) >= 11 is 0. The molecule has 0 spiro atoms. The molecule has 2 aromatic rings. The van der Waals surface area contributed by atoms with E-state index in [1.54, 1.807) is 34.3 Å². The maximum atomic E-state index is 12.9. The number of carbonyl (C=O) groups is 2. The summed E-state index contributed by atoms with van der Waals surface area (Å²) in [5, 5.41) is 13.3. The first kappa shape index (κ1) is 26.2. The first-order valence-electron chi connectivity index (χ1n) is 13.7. The number of pyridine rings is 1. The minimum Gasteiger partial charge on any atom is -0.391 e. The van der Waals surface area contributed by atoms with Crippen molar-refractivity contribution in [3.05, 3.63) is 78.0 Å². The van der Waals surface area contributed by atoms with Gasteiger partial charge in [-0.25, -0.2) is 4.98 Å². The number of β-amino-alcohol motifs (C(OH)–C–C–N with tert-alkyl or cyclic N) is 1. The number of nitrogens with zero attached hydrogens (tertiary/aromatic N) is 6. The van der Waals surface area contributed by atoms with E-state index in [1.165, 1.54) is 0 Å². The van der Waals surface area contributed by atoms with E-state index in [2.05, 4.69) is 20.2 Å². The summed E-state index contributed by atoms with van der Waals surface area (Å²) in [6, 6.07) is 11.5. The minimum absolute atomic E-state index is 0.0333. The van der Waals surface area contributed by atoms with Crippen LogP contribution in [0.2, 0.25) is 0 Å². The van der Waals surface area contributed by atoms with Gasteiger partial charge in [-0.05, 0) is 42.7 Å². The van der Waals surface area contributed by atoms with Crippen molar-refractivity contribution < 1.29 is 19.4 Å². The second-order valence-electron chi connectivity index (χ2n) is 10.3. The Morgan fingerprint density at radius 3 is 2.80 bits per heavy atom. The number of hydrogen-bond acceptors (Lipinski definition) is 9. The maximum absolute atomic E-state index is 12.9. The van der Waals surface area contributed by atoms with Gasteiger partial charge in [0.05, 0.1) is 37.5 Å². The van der Waals surface area contributed by atoms with E-state index in [0.717, 1.165) is 35.6 Å². The third-order valence-corrected chi connectivity index (χ3v) is 7.46. The molecule has 2 amide bonds. The molecule has 1 aromatic carbocycles. The Morgan fingerprint density at radius 1 is 1.12 bits per heavy atom. The van der Waals surface area contributed by atoms with Gasteiger partial charge in [0.15, 0.2) is 6.20 Å². The fraction of sp³-hybridized carbons (Fsp3) is 0.379. The van der Waals surface area contributed by atoms with Crippen LogP contribution in [0.1, 0.15) is 28.8 Å². The van der Waals surface area contributed by atoms with E-state index in [4.69, 9.17) is 4.74 Å². The lowest BCUT2D eigenvalue weighted by Crippen LogP contribution is -2.46. The molecule has 5 heterocycles. The molecule has 11 nitrogen and oxygen atoms in total. The van der Waals surface area contributed by atoms with Gasteiger partial charge in [-0.15, -0.1) is 0 Å². The molecule has 2 saturated heterocycles. The Labute approximate surface area is 233 Å². The molecule has 2 N–H and O–H groups in total. The number of likely N-dealkylation sites (tertiary alicyclic amines) is 1. The number of aliphatic imine (C=N–C) groups is 1. The summed E-state index contributed by atoms with van der Waals surface area (Å²) < 4.78 is 5.34. The topological polar surface area (TPSA) is 117 Å². The zero-order chi connectivity index (χ0) is 27.5. The molecule has 11 heteroatoms. The fourth-order valence-electron chi connectivity index (χ4n) is 5.32. The van der Waals surface area contributed by atoms with Gasteiger partial charge in [-0.1, -0.05) is 17.0 Å².